The average Bonchev–Trinajstić information content (AvgIpc) is 1.84. The molecule has 0 atom stereocenters. The zero-order chi connectivity index (χ0) is 9.56. The predicted molar refractivity (Wildman–Crippen MR) is 59.2 cm³/mol. The molecule has 0 aliphatic rings. The van der Waals surface area contributed by atoms with E-state index in [-0.39, 0.29) is 0 Å². The minimum atomic E-state index is -0.780. The number of rotatable bonds is 5. The van der Waals surface area contributed by atoms with E-state index in [1.165, 1.54) is 10.6 Å². The van der Waals surface area contributed by atoms with E-state index in [2.05, 4.69) is 31.7 Å². The molecule has 2 heteroatoms. The molecule has 0 aliphatic carbocycles. The van der Waals surface area contributed by atoms with E-state index >= 15 is 0 Å². The molecular formula is C10H22AlN. The van der Waals surface area contributed by atoms with Gasteiger partial charge in [0, 0.05) is 0 Å². The van der Waals surface area contributed by atoms with Crippen molar-refractivity contribution in [1.29, 1.82) is 0 Å². The Kier molecular flexibility index (Phi) is 6.80. The fraction of sp³-hybridized carbons (Fsp3) is 0.900. The van der Waals surface area contributed by atoms with Crippen molar-refractivity contribution >= 4 is 20.6 Å². The van der Waals surface area contributed by atoms with Crippen LogP contribution < -0.4 is 0 Å². The Morgan fingerprint density at radius 3 is 1.75 bits per heavy atom. The second-order valence-corrected chi connectivity index (χ2v) is 6.87. The Labute approximate surface area is 81.9 Å². The zero-order valence-corrected chi connectivity index (χ0v) is 10.3. The van der Waals surface area contributed by atoms with E-state index in [1.807, 2.05) is 13.1 Å². The van der Waals surface area contributed by atoms with Gasteiger partial charge < -0.3 is 3.98 Å². The van der Waals surface area contributed by atoms with Crippen molar-refractivity contribution in [2.75, 3.05) is 0 Å². The van der Waals surface area contributed by atoms with Crippen LogP contribution >= 0.6 is 0 Å². The molecule has 0 heterocycles. The lowest BCUT2D eigenvalue weighted by atomic mass is 10.3. The molecule has 0 aromatic rings. The van der Waals surface area contributed by atoms with Crippen molar-refractivity contribution in [3.63, 3.8) is 0 Å². The SMILES string of the molecule is C/C=[N]/[Al]([CH2]C(C)C)[CH2]C(C)C. The Morgan fingerprint density at radius 1 is 1.08 bits per heavy atom. The Morgan fingerprint density at radius 2 is 1.50 bits per heavy atom. The van der Waals surface area contributed by atoms with Crippen molar-refractivity contribution < 1.29 is 0 Å². The molecular weight excluding hydrogens is 161 g/mol. The lowest BCUT2D eigenvalue weighted by Gasteiger charge is -2.10. The first-order valence-corrected chi connectivity index (χ1v) is 7.19. The second kappa shape index (κ2) is 6.69. The molecule has 1 nitrogen and oxygen atoms in total. The quantitative estimate of drug-likeness (QED) is 0.457. The van der Waals surface area contributed by atoms with Gasteiger partial charge in [-0.1, -0.05) is 50.1 Å². The molecule has 0 spiro atoms. The van der Waals surface area contributed by atoms with Gasteiger partial charge >= 0.3 is 14.4 Å². The van der Waals surface area contributed by atoms with Crippen LogP contribution in [0.3, 0.4) is 0 Å². The van der Waals surface area contributed by atoms with E-state index in [1.54, 1.807) is 0 Å². The smallest absolute Gasteiger partial charge is 0.409 e. The average molecular weight is 183 g/mol. The maximum absolute atomic E-state index is 4.62. The van der Waals surface area contributed by atoms with Gasteiger partial charge in [0.05, 0.1) is 0 Å². The first kappa shape index (κ1) is 12.2. The van der Waals surface area contributed by atoms with Crippen LogP contribution in [0.15, 0.2) is 3.98 Å². The van der Waals surface area contributed by atoms with E-state index in [0.29, 0.717) is 0 Å². The van der Waals surface area contributed by atoms with Crippen molar-refractivity contribution in [3.05, 3.63) is 0 Å². The van der Waals surface area contributed by atoms with Gasteiger partial charge in [0.25, 0.3) is 0 Å². The summed E-state index contributed by atoms with van der Waals surface area (Å²) in [6.07, 6.45) is 2.00. The van der Waals surface area contributed by atoms with Crippen LogP contribution in [0.1, 0.15) is 34.6 Å². The van der Waals surface area contributed by atoms with Gasteiger partial charge in [-0.3, -0.25) is 0 Å². The Balaban J connectivity index is 3.86. The lowest BCUT2D eigenvalue weighted by molar-refractivity contribution is 0.689. The summed E-state index contributed by atoms with van der Waals surface area (Å²) in [6, 6.07) is 0. The summed E-state index contributed by atoms with van der Waals surface area (Å²) in [5, 5.41) is 2.73. The van der Waals surface area contributed by atoms with Gasteiger partial charge in [-0.15, -0.1) is 0 Å². The maximum Gasteiger partial charge on any atom is 0.435 e. The third-order valence-electron chi connectivity index (χ3n) is 1.85. The summed E-state index contributed by atoms with van der Waals surface area (Å²) >= 11 is -0.780. The summed E-state index contributed by atoms with van der Waals surface area (Å²) < 4.78 is 4.62. The highest BCUT2D eigenvalue weighted by Gasteiger charge is 2.19. The topological polar surface area (TPSA) is 12.4 Å². The summed E-state index contributed by atoms with van der Waals surface area (Å²) in [4.78, 5) is 0. The van der Waals surface area contributed by atoms with E-state index in [0.717, 1.165) is 11.8 Å². The Bertz CT molecular complexity index is 120. The van der Waals surface area contributed by atoms with E-state index in [4.69, 9.17) is 0 Å². The molecule has 0 aliphatic heterocycles. The van der Waals surface area contributed by atoms with Gasteiger partial charge in [0.15, 0.2) is 0 Å². The highest BCUT2D eigenvalue weighted by Crippen LogP contribution is 2.14. The summed E-state index contributed by atoms with van der Waals surface area (Å²) in [6.45, 7) is 11.2. The molecule has 0 saturated carbocycles. The molecule has 0 aromatic carbocycles. The normalized spacial score (nSPS) is 11.9. The van der Waals surface area contributed by atoms with Gasteiger partial charge in [-0.05, 0) is 13.1 Å². The molecule has 0 aromatic heterocycles. The predicted octanol–water partition coefficient (Wildman–Crippen LogP) is 3.38. The van der Waals surface area contributed by atoms with E-state index in [9.17, 15) is 0 Å². The van der Waals surface area contributed by atoms with Crippen LogP contribution in [0, 0.1) is 11.8 Å². The standard InChI is InChI=1S/2C4H9.C2H4N.Al/c2*1-4(2)3;1-2-3;/h2*4H,1H2,2-3H3;2H,1H3;/q;;-1;+1. The molecule has 70 valence electrons. The molecule has 0 bridgehead atoms. The van der Waals surface area contributed by atoms with Crippen molar-refractivity contribution in [2.45, 2.75) is 45.2 Å². The van der Waals surface area contributed by atoms with Crippen LogP contribution in [-0.2, 0) is 0 Å². The molecule has 0 saturated heterocycles. The molecule has 12 heavy (non-hydrogen) atoms. The summed E-state index contributed by atoms with van der Waals surface area (Å²) in [5.74, 6) is 1.65. The second-order valence-electron chi connectivity index (χ2n) is 4.32. The maximum atomic E-state index is 4.62. The highest BCUT2D eigenvalue weighted by atomic mass is 27.2. The van der Waals surface area contributed by atoms with E-state index < -0.39 is 14.4 Å². The number of hydrogen-bond donors (Lipinski definition) is 0. The number of nitrogens with zero attached hydrogens (tertiary/aromatic N) is 1. The van der Waals surface area contributed by atoms with Gasteiger partial charge in [-0.25, -0.2) is 0 Å². The largest absolute Gasteiger partial charge is 0.435 e. The summed E-state index contributed by atoms with van der Waals surface area (Å²) in [5.41, 5.74) is 0. The molecule has 0 radical (unpaired) electrons. The minimum absolute atomic E-state index is 0.780. The van der Waals surface area contributed by atoms with Gasteiger partial charge in [-0.2, -0.15) is 0 Å². The first-order chi connectivity index (χ1) is 5.56. The molecule has 0 rings (SSSR count). The van der Waals surface area contributed by atoms with Crippen LogP contribution in [0.25, 0.3) is 0 Å². The molecule has 0 amide bonds. The van der Waals surface area contributed by atoms with Crippen molar-refractivity contribution in [2.24, 2.45) is 15.8 Å². The van der Waals surface area contributed by atoms with Crippen LogP contribution in [0.5, 0.6) is 0 Å². The van der Waals surface area contributed by atoms with Crippen LogP contribution in [0.2, 0.25) is 10.6 Å². The monoisotopic (exact) mass is 183 g/mol. The fourth-order valence-corrected chi connectivity index (χ4v) is 4.55. The fourth-order valence-electron chi connectivity index (χ4n) is 1.52. The van der Waals surface area contributed by atoms with Gasteiger partial charge in [0.2, 0.25) is 0 Å². The van der Waals surface area contributed by atoms with Crippen molar-refractivity contribution in [3.8, 4) is 0 Å². The minimum Gasteiger partial charge on any atom is -0.409 e. The number of hydrogen-bond acceptors (Lipinski definition) is 1. The molecule has 0 N–H and O–H groups in total. The van der Waals surface area contributed by atoms with Crippen molar-refractivity contribution in [1.82, 2.24) is 0 Å². The lowest BCUT2D eigenvalue weighted by Crippen LogP contribution is -2.15. The highest BCUT2D eigenvalue weighted by molar-refractivity contribution is 6.58. The third-order valence-corrected chi connectivity index (χ3v) is 5.54. The molecule has 0 unspecified atom stereocenters. The Hall–Kier alpha value is 0.202. The third kappa shape index (κ3) is 6.88. The van der Waals surface area contributed by atoms with Crippen LogP contribution in [-0.4, -0.2) is 20.6 Å². The van der Waals surface area contributed by atoms with Crippen LogP contribution in [0.4, 0.5) is 0 Å². The molecule has 0 fully saturated rings. The zero-order valence-electron chi connectivity index (χ0n) is 9.17. The van der Waals surface area contributed by atoms with Gasteiger partial charge in [0.1, 0.15) is 0 Å². The first-order valence-electron chi connectivity index (χ1n) is 5.04. The summed E-state index contributed by atoms with van der Waals surface area (Å²) in [7, 11) is 0.